The third-order valence-corrected chi connectivity index (χ3v) is 12.3. The Morgan fingerprint density at radius 3 is 2.02 bits per heavy atom. The third-order valence-electron chi connectivity index (χ3n) is 8.12. The molecule has 0 aliphatic rings. The van der Waals surface area contributed by atoms with Crippen LogP contribution in [0.3, 0.4) is 0 Å². The largest absolute Gasteiger partial charge is 0.480 e. The molecule has 1 heterocycles. The van der Waals surface area contributed by atoms with Gasteiger partial charge < -0.3 is 20.0 Å². The minimum Gasteiger partial charge on any atom is -0.480 e. The molecule has 5 rings (SSSR count). The average Bonchev–Trinajstić information content (AvgIpc) is 3.09. The molecule has 13 nitrogen and oxygen atoms in total. The van der Waals surface area contributed by atoms with E-state index in [0.29, 0.717) is 9.27 Å². The van der Waals surface area contributed by atoms with Crippen LogP contribution in [0.15, 0.2) is 116 Å². The number of anilines is 2. The Hall–Kier alpha value is -5.51. The summed E-state index contributed by atoms with van der Waals surface area (Å²) in [6, 6.07) is 22.1. The molecule has 51 heavy (non-hydrogen) atoms. The number of hydrogen-bond acceptors (Lipinski definition) is 10. The van der Waals surface area contributed by atoms with Gasteiger partial charge in [0.2, 0.25) is 0 Å². The number of carboxylic acid groups (broad SMARTS) is 1. The molecule has 1 atom stereocenters. The SMILES string of the molecule is Cc1ccc(S(=O)(=O)N(c2ccc3oc(=O)c(-c4ccccc4C)cc3c2)S(=O)(=O)c2ccc(N(C)C(=O)OCCC[C@H](N)C(=O)O)cc2)cc1. The van der Waals surface area contributed by atoms with E-state index in [1.165, 1.54) is 55.6 Å². The summed E-state index contributed by atoms with van der Waals surface area (Å²) in [5.74, 6) is -1.17. The first kappa shape index (κ1) is 36.8. The summed E-state index contributed by atoms with van der Waals surface area (Å²) in [7, 11) is -8.23. The normalized spacial score (nSPS) is 12.3. The van der Waals surface area contributed by atoms with Gasteiger partial charge in [0, 0.05) is 18.1 Å². The second-order valence-corrected chi connectivity index (χ2v) is 15.6. The van der Waals surface area contributed by atoms with E-state index in [2.05, 4.69) is 0 Å². The predicted octanol–water partition coefficient (Wildman–Crippen LogP) is 5.43. The van der Waals surface area contributed by atoms with E-state index in [1.54, 1.807) is 31.2 Å². The van der Waals surface area contributed by atoms with Gasteiger partial charge in [-0.1, -0.05) is 42.0 Å². The van der Waals surface area contributed by atoms with Crippen molar-refractivity contribution in [3.8, 4) is 11.1 Å². The highest BCUT2D eigenvalue weighted by molar-refractivity contribution is 8.10. The minimum absolute atomic E-state index is 0.0932. The van der Waals surface area contributed by atoms with Crippen LogP contribution in [0, 0.1) is 13.8 Å². The number of ether oxygens (including phenoxy) is 1. The number of benzene rings is 4. The summed E-state index contributed by atoms with van der Waals surface area (Å²) in [5.41, 5.74) is 7.35. The average molecular weight is 734 g/mol. The maximum atomic E-state index is 14.4. The Labute approximate surface area is 294 Å². The molecule has 0 radical (unpaired) electrons. The van der Waals surface area contributed by atoms with Crippen LogP contribution < -0.4 is 20.0 Å². The lowest BCUT2D eigenvalue weighted by molar-refractivity contribution is -0.138. The van der Waals surface area contributed by atoms with Crippen molar-refractivity contribution < 1.29 is 40.7 Å². The van der Waals surface area contributed by atoms with Crippen molar-refractivity contribution in [3.63, 3.8) is 0 Å². The Kier molecular flexibility index (Phi) is 10.6. The summed E-state index contributed by atoms with van der Waals surface area (Å²) in [6.07, 6.45) is -0.477. The van der Waals surface area contributed by atoms with Crippen LogP contribution in [0.2, 0.25) is 0 Å². The molecule has 0 unspecified atom stereocenters. The summed E-state index contributed by atoms with van der Waals surface area (Å²) in [6.45, 7) is 3.49. The number of rotatable bonds is 12. The van der Waals surface area contributed by atoms with Gasteiger partial charge in [-0.25, -0.2) is 26.4 Å². The van der Waals surface area contributed by atoms with Crippen LogP contribution in [-0.2, 0) is 29.6 Å². The number of fused-ring (bicyclic) bond motifs is 1. The molecular formula is C36H35N3O10S2. The van der Waals surface area contributed by atoms with Gasteiger partial charge in [0.25, 0.3) is 20.0 Å². The van der Waals surface area contributed by atoms with Crippen molar-refractivity contribution in [2.45, 2.75) is 42.5 Å². The number of sulfonamides is 2. The molecule has 0 saturated carbocycles. The van der Waals surface area contributed by atoms with Gasteiger partial charge >= 0.3 is 17.7 Å². The van der Waals surface area contributed by atoms with E-state index in [4.69, 9.17) is 20.0 Å². The lowest BCUT2D eigenvalue weighted by Gasteiger charge is -2.25. The highest BCUT2D eigenvalue weighted by Gasteiger charge is 2.37. The highest BCUT2D eigenvalue weighted by Crippen LogP contribution is 2.34. The molecule has 15 heteroatoms. The first-order valence-electron chi connectivity index (χ1n) is 15.6. The van der Waals surface area contributed by atoms with Crippen LogP contribution in [0.1, 0.15) is 24.0 Å². The molecule has 1 amide bonds. The summed E-state index contributed by atoms with van der Waals surface area (Å²) >= 11 is 0. The van der Waals surface area contributed by atoms with Crippen molar-refractivity contribution in [1.29, 1.82) is 0 Å². The fourth-order valence-corrected chi connectivity index (χ4v) is 8.90. The van der Waals surface area contributed by atoms with Crippen molar-refractivity contribution in [1.82, 2.24) is 0 Å². The summed E-state index contributed by atoms with van der Waals surface area (Å²) in [4.78, 5) is 36.8. The van der Waals surface area contributed by atoms with Gasteiger partial charge in [-0.15, -0.1) is 0 Å². The number of hydrogen-bond donors (Lipinski definition) is 2. The molecule has 0 aliphatic heterocycles. The number of amides is 1. The zero-order valence-corrected chi connectivity index (χ0v) is 29.5. The smallest absolute Gasteiger partial charge is 0.414 e. The predicted molar refractivity (Wildman–Crippen MR) is 192 cm³/mol. The number of carboxylic acids is 1. The first-order chi connectivity index (χ1) is 24.1. The lowest BCUT2D eigenvalue weighted by Crippen LogP contribution is -2.37. The number of nitrogens with zero attached hydrogens (tertiary/aromatic N) is 2. The Bertz CT molecular complexity index is 2380. The third kappa shape index (κ3) is 7.80. The quantitative estimate of drug-likeness (QED) is 0.123. The van der Waals surface area contributed by atoms with E-state index in [0.717, 1.165) is 28.2 Å². The second kappa shape index (κ2) is 14.8. The molecule has 1 aromatic heterocycles. The zero-order valence-electron chi connectivity index (χ0n) is 27.8. The molecule has 4 aromatic carbocycles. The molecule has 3 N–H and O–H groups in total. The lowest BCUT2D eigenvalue weighted by atomic mass is 10.0. The first-order valence-corrected chi connectivity index (χ1v) is 18.5. The number of nitrogens with two attached hydrogens (primary N) is 1. The van der Waals surface area contributed by atoms with E-state index in [1.807, 2.05) is 19.1 Å². The van der Waals surface area contributed by atoms with Gasteiger partial charge in [-0.05, 0) is 98.5 Å². The fourth-order valence-electron chi connectivity index (χ4n) is 5.23. The van der Waals surface area contributed by atoms with Crippen LogP contribution in [0.25, 0.3) is 22.1 Å². The van der Waals surface area contributed by atoms with Crippen LogP contribution in [-0.4, -0.2) is 53.7 Å². The van der Waals surface area contributed by atoms with E-state index < -0.39 is 48.7 Å². The Balaban J connectivity index is 1.53. The van der Waals surface area contributed by atoms with Crippen molar-refractivity contribution in [2.75, 3.05) is 22.3 Å². The van der Waals surface area contributed by atoms with Gasteiger partial charge in [0.1, 0.15) is 11.6 Å². The van der Waals surface area contributed by atoms with Crippen LogP contribution in [0.4, 0.5) is 16.2 Å². The molecule has 0 aliphatic carbocycles. The molecule has 0 spiro atoms. The van der Waals surface area contributed by atoms with Gasteiger partial charge in [0.05, 0.1) is 27.6 Å². The van der Waals surface area contributed by atoms with Gasteiger partial charge in [-0.3, -0.25) is 9.69 Å². The number of aryl methyl sites for hydroxylation is 2. The molecule has 5 aromatic rings. The summed E-state index contributed by atoms with van der Waals surface area (Å²) < 4.78 is 68.2. The number of carbonyl (C=O) groups is 2. The zero-order chi connectivity index (χ0) is 37.1. The van der Waals surface area contributed by atoms with Crippen molar-refractivity contribution in [3.05, 3.63) is 119 Å². The Morgan fingerprint density at radius 2 is 1.41 bits per heavy atom. The van der Waals surface area contributed by atoms with E-state index >= 15 is 0 Å². The molecule has 266 valence electrons. The van der Waals surface area contributed by atoms with Crippen LogP contribution in [0.5, 0.6) is 0 Å². The molecule has 0 saturated heterocycles. The van der Waals surface area contributed by atoms with Crippen molar-refractivity contribution in [2.24, 2.45) is 5.73 Å². The fraction of sp³-hybridized carbons (Fsp3) is 0.194. The van der Waals surface area contributed by atoms with Gasteiger partial charge in [-0.2, -0.15) is 3.71 Å². The number of carbonyl (C=O) groups excluding carboxylic acids is 1. The van der Waals surface area contributed by atoms with Crippen LogP contribution >= 0.6 is 0 Å². The minimum atomic E-state index is -4.85. The molecule has 0 fully saturated rings. The highest BCUT2D eigenvalue weighted by atomic mass is 32.3. The number of aliphatic carboxylic acids is 1. The molecule has 0 bridgehead atoms. The summed E-state index contributed by atoms with van der Waals surface area (Å²) in [5, 5.41) is 9.18. The van der Waals surface area contributed by atoms with Gasteiger partial charge in [0.15, 0.2) is 0 Å². The standard InChI is InChI=1S/C36H35N3O10S2/c1-23-10-15-28(16-11-23)50(44,45)39(27-14-19-33-25(21-27)22-31(35(42)49-33)30-8-5-4-7-24(30)2)51(46,47)29-17-12-26(13-18-29)38(3)36(43)48-20-6-9-32(37)34(40)41/h4-5,7-8,10-19,21-22,32H,6,9,20,37H2,1-3H3,(H,40,41)/t32-/m0/s1. The monoisotopic (exact) mass is 733 g/mol. The topological polar surface area (TPSA) is 195 Å². The maximum absolute atomic E-state index is 14.4. The molecular weight excluding hydrogens is 699 g/mol. The van der Waals surface area contributed by atoms with E-state index in [9.17, 15) is 31.2 Å². The Morgan fingerprint density at radius 1 is 0.824 bits per heavy atom. The van der Waals surface area contributed by atoms with E-state index in [-0.39, 0.29) is 52.3 Å². The maximum Gasteiger partial charge on any atom is 0.414 e. The van der Waals surface area contributed by atoms with Crippen molar-refractivity contribution >= 4 is 54.5 Å². The second-order valence-electron chi connectivity index (χ2n) is 11.8.